The summed E-state index contributed by atoms with van der Waals surface area (Å²) in [5.74, 6) is 0.612. The van der Waals surface area contributed by atoms with Crippen molar-refractivity contribution >= 4 is 11.9 Å². The van der Waals surface area contributed by atoms with Crippen molar-refractivity contribution in [2.24, 2.45) is 11.7 Å². The summed E-state index contributed by atoms with van der Waals surface area (Å²) in [6.07, 6.45) is 0. The third kappa shape index (κ3) is 7.37. The molecule has 108 valence electrons. The van der Waals surface area contributed by atoms with Crippen molar-refractivity contribution in [1.29, 1.82) is 0 Å². The molecule has 19 heavy (non-hydrogen) atoms. The van der Waals surface area contributed by atoms with Crippen molar-refractivity contribution in [2.75, 3.05) is 31.6 Å². The molecule has 0 atom stereocenters. The molecule has 0 fully saturated rings. The number of nitrogens with two attached hydrogens (primary N) is 1. The molecule has 0 unspecified atom stereocenters. The molecule has 0 saturated heterocycles. The maximum Gasteiger partial charge on any atom is 0.315 e. The summed E-state index contributed by atoms with van der Waals surface area (Å²) >= 11 is 0. The molecule has 1 amide bonds. The predicted molar refractivity (Wildman–Crippen MR) is 69.3 cm³/mol. The largest absolute Gasteiger partial charge is 0.407 e. The van der Waals surface area contributed by atoms with Gasteiger partial charge in [0.1, 0.15) is 6.61 Å². The summed E-state index contributed by atoms with van der Waals surface area (Å²) in [6, 6.07) is 0.337. The monoisotopic (exact) mass is 271 g/mol. The van der Waals surface area contributed by atoms with Crippen LogP contribution in [0.4, 0.5) is 6.01 Å². The number of nitrogens with zero attached hydrogens (tertiary/aromatic N) is 2. The van der Waals surface area contributed by atoms with Gasteiger partial charge in [0.05, 0.1) is 13.2 Å². The van der Waals surface area contributed by atoms with Gasteiger partial charge in [-0.15, -0.1) is 5.10 Å². The Balaban J connectivity index is 2.14. The van der Waals surface area contributed by atoms with E-state index in [1.165, 1.54) is 0 Å². The smallest absolute Gasteiger partial charge is 0.315 e. The second kappa shape index (κ2) is 8.44. The Morgan fingerprint density at radius 3 is 2.95 bits per heavy atom. The lowest BCUT2D eigenvalue weighted by molar-refractivity contribution is -0.122. The summed E-state index contributed by atoms with van der Waals surface area (Å²) < 4.78 is 10.3. The van der Waals surface area contributed by atoms with Gasteiger partial charge >= 0.3 is 6.01 Å². The van der Waals surface area contributed by atoms with Gasteiger partial charge in [0.15, 0.2) is 0 Å². The van der Waals surface area contributed by atoms with Crippen LogP contribution in [0, 0.1) is 5.92 Å². The van der Waals surface area contributed by atoms with Gasteiger partial charge < -0.3 is 25.5 Å². The van der Waals surface area contributed by atoms with Crippen molar-refractivity contribution in [3.8, 4) is 0 Å². The van der Waals surface area contributed by atoms with Crippen LogP contribution >= 0.6 is 0 Å². The number of hydrogen-bond donors (Lipinski definition) is 3. The number of anilines is 1. The van der Waals surface area contributed by atoms with Crippen LogP contribution < -0.4 is 16.4 Å². The highest BCUT2D eigenvalue weighted by Crippen LogP contribution is 2.04. The van der Waals surface area contributed by atoms with Crippen molar-refractivity contribution in [1.82, 2.24) is 15.5 Å². The molecule has 0 bridgehead atoms. The minimum absolute atomic E-state index is 0.0874. The van der Waals surface area contributed by atoms with Crippen LogP contribution in [0.1, 0.15) is 19.7 Å². The second-order valence-electron chi connectivity index (χ2n) is 4.47. The first-order valence-corrected chi connectivity index (χ1v) is 6.21. The minimum atomic E-state index is -0.490. The fourth-order valence-corrected chi connectivity index (χ4v) is 1.27. The van der Waals surface area contributed by atoms with E-state index in [2.05, 4.69) is 34.7 Å². The van der Waals surface area contributed by atoms with Gasteiger partial charge in [0.2, 0.25) is 11.8 Å². The van der Waals surface area contributed by atoms with Crippen molar-refractivity contribution in [3.63, 3.8) is 0 Å². The van der Waals surface area contributed by atoms with Crippen LogP contribution in [0.5, 0.6) is 0 Å². The topological polar surface area (TPSA) is 115 Å². The Morgan fingerprint density at radius 2 is 2.26 bits per heavy atom. The molecule has 1 aromatic rings. The zero-order valence-electron chi connectivity index (χ0n) is 11.3. The van der Waals surface area contributed by atoms with Gasteiger partial charge in [-0.25, -0.2) is 0 Å². The Bertz CT molecular complexity index is 380. The summed E-state index contributed by atoms with van der Waals surface area (Å²) in [6.45, 7) is 6.41. The van der Waals surface area contributed by atoms with Crippen LogP contribution in [-0.2, 0) is 16.1 Å². The SMILES string of the molecule is CC(C)CNCc1nnc(NCCOCC(N)=O)o1. The molecular formula is C11H21N5O3. The van der Waals surface area contributed by atoms with Gasteiger partial charge in [-0.1, -0.05) is 18.9 Å². The van der Waals surface area contributed by atoms with E-state index in [9.17, 15) is 4.79 Å². The normalized spacial score (nSPS) is 10.9. The zero-order chi connectivity index (χ0) is 14.1. The molecule has 0 radical (unpaired) electrons. The molecule has 0 aromatic carbocycles. The Hall–Kier alpha value is -1.67. The molecule has 1 heterocycles. The highest BCUT2D eigenvalue weighted by Gasteiger charge is 2.05. The van der Waals surface area contributed by atoms with E-state index in [0.717, 1.165) is 6.54 Å². The standard InChI is InChI=1S/C11H21N5O3/c1-8(2)5-13-6-10-15-16-11(19-10)14-3-4-18-7-9(12)17/h8,13H,3-7H2,1-2H3,(H2,12,17)(H,14,16). The molecule has 0 aliphatic heterocycles. The number of nitrogens with one attached hydrogen (secondary N) is 2. The Kier molecular flexibility index (Phi) is 6.83. The van der Waals surface area contributed by atoms with Crippen LogP contribution in [0.3, 0.4) is 0 Å². The third-order valence-corrected chi connectivity index (χ3v) is 2.06. The lowest BCUT2D eigenvalue weighted by Crippen LogP contribution is -2.20. The molecular weight excluding hydrogens is 250 g/mol. The number of hydrogen-bond acceptors (Lipinski definition) is 7. The number of ether oxygens (including phenoxy) is 1. The number of primary amides is 1. The Labute approximate surface area is 112 Å². The first-order valence-electron chi connectivity index (χ1n) is 6.21. The summed E-state index contributed by atoms with van der Waals surface area (Å²) in [5.41, 5.74) is 4.92. The average Bonchev–Trinajstić information content (AvgIpc) is 2.76. The van der Waals surface area contributed by atoms with Crippen LogP contribution in [0.15, 0.2) is 4.42 Å². The van der Waals surface area contributed by atoms with E-state index in [-0.39, 0.29) is 6.61 Å². The number of amides is 1. The van der Waals surface area contributed by atoms with E-state index in [4.69, 9.17) is 14.9 Å². The van der Waals surface area contributed by atoms with Gasteiger partial charge in [-0.3, -0.25) is 4.79 Å². The molecule has 8 heteroatoms. The van der Waals surface area contributed by atoms with Crippen LogP contribution in [0.2, 0.25) is 0 Å². The molecule has 1 rings (SSSR count). The number of rotatable bonds is 10. The second-order valence-corrected chi connectivity index (χ2v) is 4.47. The predicted octanol–water partition coefficient (Wildman–Crippen LogP) is -0.271. The van der Waals surface area contributed by atoms with E-state index in [1.807, 2.05) is 0 Å². The van der Waals surface area contributed by atoms with E-state index < -0.39 is 5.91 Å². The van der Waals surface area contributed by atoms with E-state index in [0.29, 0.717) is 37.5 Å². The fourth-order valence-electron chi connectivity index (χ4n) is 1.27. The maximum absolute atomic E-state index is 10.4. The quantitative estimate of drug-likeness (QED) is 0.502. The van der Waals surface area contributed by atoms with Crippen LogP contribution in [0.25, 0.3) is 0 Å². The summed E-state index contributed by atoms with van der Waals surface area (Å²) in [5, 5.41) is 13.8. The van der Waals surface area contributed by atoms with Crippen molar-refractivity contribution in [2.45, 2.75) is 20.4 Å². The van der Waals surface area contributed by atoms with Crippen molar-refractivity contribution in [3.05, 3.63) is 5.89 Å². The first-order chi connectivity index (χ1) is 9.08. The molecule has 4 N–H and O–H groups in total. The van der Waals surface area contributed by atoms with Crippen molar-refractivity contribution < 1.29 is 13.9 Å². The minimum Gasteiger partial charge on any atom is -0.407 e. The third-order valence-electron chi connectivity index (χ3n) is 2.06. The zero-order valence-corrected chi connectivity index (χ0v) is 11.3. The molecule has 0 spiro atoms. The van der Waals surface area contributed by atoms with Gasteiger partial charge in [0, 0.05) is 6.54 Å². The van der Waals surface area contributed by atoms with Gasteiger partial charge in [0.25, 0.3) is 0 Å². The van der Waals surface area contributed by atoms with Gasteiger partial charge in [-0.05, 0) is 12.5 Å². The van der Waals surface area contributed by atoms with E-state index in [1.54, 1.807) is 0 Å². The lowest BCUT2D eigenvalue weighted by Gasteiger charge is -2.04. The molecule has 8 nitrogen and oxygen atoms in total. The average molecular weight is 271 g/mol. The lowest BCUT2D eigenvalue weighted by atomic mass is 10.2. The van der Waals surface area contributed by atoms with Crippen LogP contribution in [-0.4, -0.2) is 42.4 Å². The number of carbonyl (C=O) groups excluding carboxylic acids is 1. The van der Waals surface area contributed by atoms with E-state index >= 15 is 0 Å². The molecule has 0 saturated carbocycles. The number of aromatic nitrogens is 2. The highest BCUT2D eigenvalue weighted by atomic mass is 16.5. The number of carbonyl (C=O) groups is 1. The molecule has 0 aliphatic carbocycles. The fraction of sp³-hybridized carbons (Fsp3) is 0.727. The van der Waals surface area contributed by atoms with Gasteiger partial charge in [-0.2, -0.15) is 0 Å². The highest BCUT2D eigenvalue weighted by molar-refractivity contribution is 5.74. The molecule has 1 aromatic heterocycles. The molecule has 0 aliphatic rings. The maximum atomic E-state index is 10.4. The first kappa shape index (κ1) is 15.4. The Morgan fingerprint density at radius 1 is 1.47 bits per heavy atom. The summed E-state index contributed by atoms with van der Waals surface area (Å²) in [7, 11) is 0. The summed E-state index contributed by atoms with van der Waals surface area (Å²) in [4.78, 5) is 10.4.